The summed E-state index contributed by atoms with van der Waals surface area (Å²) in [6.07, 6.45) is 1.24. The third-order valence-electron chi connectivity index (χ3n) is 6.23. The van der Waals surface area contributed by atoms with Gasteiger partial charge in [0.05, 0.1) is 17.3 Å². The molecule has 35 heavy (non-hydrogen) atoms. The molecule has 1 fully saturated rings. The molecule has 1 aromatic heterocycles. The van der Waals surface area contributed by atoms with E-state index in [1.165, 1.54) is 24.3 Å². The molecule has 2 aliphatic rings. The van der Waals surface area contributed by atoms with E-state index in [4.69, 9.17) is 16.3 Å². The molecule has 0 spiro atoms. The summed E-state index contributed by atoms with van der Waals surface area (Å²) in [6, 6.07) is 12.4. The van der Waals surface area contributed by atoms with Gasteiger partial charge in [0.2, 0.25) is 5.91 Å². The first-order valence-electron chi connectivity index (χ1n) is 11.0. The van der Waals surface area contributed by atoms with E-state index >= 15 is 0 Å². The fourth-order valence-electron chi connectivity index (χ4n) is 4.51. The lowest BCUT2D eigenvalue weighted by molar-refractivity contribution is -0.128. The van der Waals surface area contributed by atoms with Gasteiger partial charge in [-0.15, -0.1) is 0 Å². The second-order valence-corrected chi connectivity index (χ2v) is 8.66. The first kappa shape index (κ1) is 22.9. The number of hydrogen-bond donors (Lipinski definition) is 1. The summed E-state index contributed by atoms with van der Waals surface area (Å²) in [6.45, 7) is 4.53. The molecule has 2 amide bonds. The van der Waals surface area contributed by atoms with Crippen molar-refractivity contribution in [2.24, 2.45) is 0 Å². The highest BCUT2D eigenvalue weighted by Gasteiger charge is 2.40. The van der Waals surface area contributed by atoms with Gasteiger partial charge in [-0.2, -0.15) is 0 Å². The lowest BCUT2D eigenvalue weighted by Crippen LogP contribution is -2.57. The number of hydrogen-bond acceptors (Lipinski definition) is 5. The van der Waals surface area contributed by atoms with Crippen LogP contribution in [0.1, 0.15) is 10.4 Å². The Labute approximate surface area is 206 Å². The minimum Gasteiger partial charge on any atom is -0.507 e. The van der Waals surface area contributed by atoms with E-state index in [9.17, 15) is 19.1 Å². The van der Waals surface area contributed by atoms with Crippen LogP contribution < -0.4 is 4.74 Å². The Morgan fingerprint density at radius 1 is 1.14 bits per heavy atom. The Kier molecular flexibility index (Phi) is 5.90. The van der Waals surface area contributed by atoms with Crippen molar-refractivity contribution in [3.05, 3.63) is 77.6 Å². The molecule has 0 saturated carbocycles. The van der Waals surface area contributed by atoms with Crippen molar-refractivity contribution in [2.75, 3.05) is 26.2 Å². The van der Waals surface area contributed by atoms with Gasteiger partial charge >= 0.3 is 0 Å². The second-order valence-electron chi connectivity index (χ2n) is 8.28. The number of piperazine rings is 1. The molecule has 7 nitrogen and oxygen atoms in total. The number of aromatic nitrogens is 1. The lowest BCUT2D eigenvalue weighted by Gasteiger charge is -2.39. The summed E-state index contributed by atoms with van der Waals surface area (Å²) in [5.41, 5.74) is 0.812. The highest BCUT2D eigenvalue weighted by molar-refractivity contribution is 6.35. The minimum atomic E-state index is -0.714. The minimum absolute atomic E-state index is 0.0315. The van der Waals surface area contributed by atoms with Gasteiger partial charge in [-0.05, 0) is 18.2 Å². The van der Waals surface area contributed by atoms with Crippen molar-refractivity contribution >= 4 is 23.4 Å². The third-order valence-corrected chi connectivity index (χ3v) is 6.58. The zero-order valence-corrected chi connectivity index (χ0v) is 19.3. The molecule has 1 atom stereocenters. The van der Waals surface area contributed by atoms with Crippen LogP contribution >= 0.6 is 11.6 Å². The molecule has 0 radical (unpaired) electrons. The largest absolute Gasteiger partial charge is 0.507 e. The molecular weight excluding hydrogens is 473 g/mol. The number of amides is 2. The number of carbonyl (C=O) groups is 2. The van der Waals surface area contributed by atoms with Crippen LogP contribution in [0.5, 0.6) is 11.5 Å². The van der Waals surface area contributed by atoms with Crippen molar-refractivity contribution in [2.45, 2.75) is 6.04 Å². The maximum absolute atomic E-state index is 14.8. The Balaban J connectivity index is 1.70. The third kappa shape index (κ3) is 3.89. The molecule has 0 bridgehead atoms. The van der Waals surface area contributed by atoms with Crippen LogP contribution in [-0.4, -0.2) is 64.0 Å². The van der Waals surface area contributed by atoms with Crippen molar-refractivity contribution in [3.63, 3.8) is 0 Å². The van der Waals surface area contributed by atoms with E-state index in [1.807, 2.05) is 6.07 Å². The summed E-state index contributed by atoms with van der Waals surface area (Å²) >= 11 is 6.69. The monoisotopic (exact) mass is 493 g/mol. The Morgan fingerprint density at radius 2 is 1.91 bits per heavy atom. The van der Waals surface area contributed by atoms with Crippen LogP contribution in [0.4, 0.5) is 4.39 Å². The van der Waals surface area contributed by atoms with Crippen LogP contribution in [0.2, 0.25) is 5.02 Å². The molecular formula is C26H21ClFN3O4. The van der Waals surface area contributed by atoms with E-state index in [1.54, 1.807) is 34.1 Å². The van der Waals surface area contributed by atoms with Crippen LogP contribution in [0.25, 0.3) is 22.5 Å². The van der Waals surface area contributed by atoms with Crippen LogP contribution in [-0.2, 0) is 4.79 Å². The van der Waals surface area contributed by atoms with Gasteiger partial charge in [0, 0.05) is 25.2 Å². The molecule has 1 saturated heterocycles. The van der Waals surface area contributed by atoms with E-state index in [-0.39, 0.29) is 64.0 Å². The van der Waals surface area contributed by atoms with E-state index in [0.29, 0.717) is 18.7 Å². The molecule has 9 heteroatoms. The quantitative estimate of drug-likeness (QED) is 0.554. The number of pyridine rings is 1. The number of benzene rings is 2. The average molecular weight is 494 g/mol. The highest BCUT2D eigenvalue weighted by atomic mass is 35.5. The number of nitrogens with zero attached hydrogens (tertiary/aromatic N) is 3. The number of aromatic hydroxyl groups is 1. The smallest absolute Gasteiger partial charge is 0.260 e. The topological polar surface area (TPSA) is 83.0 Å². The highest BCUT2D eigenvalue weighted by Crippen LogP contribution is 2.45. The standard InChI is InChI=1S/C26H21ClFN3O4/c1-2-19(33)30-11-12-31-16(13-30)14-35-25-21(26(31)34)23(15-7-4-3-5-8-15)29-24(22(25)27)20-17(28)9-6-10-18(20)32/h2-10,16,32H,1,11-14H2/t16-/m1/s1. The van der Waals surface area contributed by atoms with Crippen LogP contribution in [0.3, 0.4) is 0 Å². The van der Waals surface area contributed by atoms with Gasteiger partial charge in [-0.25, -0.2) is 9.37 Å². The van der Waals surface area contributed by atoms with E-state index in [2.05, 4.69) is 11.6 Å². The summed E-state index contributed by atoms with van der Waals surface area (Å²) in [4.78, 5) is 33.9. The molecule has 2 aliphatic heterocycles. The molecule has 3 heterocycles. The van der Waals surface area contributed by atoms with Crippen molar-refractivity contribution in [1.29, 1.82) is 0 Å². The summed E-state index contributed by atoms with van der Waals surface area (Å²) < 4.78 is 20.9. The molecule has 0 aliphatic carbocycles. The number of halogens is 2. The molecule has 3 aromatic rings. The first-order valence-corrected chi connectivity index (χ1v) is 11.4. The SMILES string of the molecule is C=CC(=O)N1CCN2C(=O)c3c(-c4ccccc4)nc(-c4c(O)cccc4F)c(Cl)c3OC[C@H]2C1. The first-order chi connectivity index (χ1) is 16.9. The average Bonchev–Trinajstić information content (AvgIpc) is 3.02. The van der Waals surface area contributed by atoms with Gasteiger partial charge < -0.3 is 19.6 Å². The zero-order valence-electron chi connectivity index (χ0n) is 18.6. The van der Waals surface area contributed by atoms with Crippen molar-refractivity contribution < 1.29 is 23.8 Å². The fourth-order valence-corrected chi connectivity index (χ4v) is 4.80. The molecule has 5 rings (SSSR count). The van der Waals surface area contributed by atoms with E-state index in [0.717, 1.165) is 0 Å². The molecule has 178 valence electrons. The van der Waals surface area contributed by atoms with Crippen LogP contribution in [0.15, 0.2) is 61.2 Å². The summed E-state index contributed by atoms with van der Waals surface area (Å²) in [5, 5.41) is 10.3. The number of fused-ring (bicyclic) bond motifs is 2. The number of rotatable bonds is 3. The van der Waals surface area contributed by atoms with Gasteiger partial charge in [0.25, 0.3) is 5.91 Å². The maximum Gasteiger partial charge on any atom is 0.260 e. The van der Waals surface area contributed by atoms with E-state index < -0.39 is 11.9 Å². The lowest BCUT2D eigenvalue weighted by atomic mass is 10.00. The zero-order chi connectivity index (χ0) is 24.7. The van der Waals surface area contributed by atoms with Gasteiger partial charge in [0.1, 0.15) is 34.5 Å². The Bertz CT molecular complexity index is 1330. The molecule has 1 N–H and O–H groups in total. The number of ether oxygens (including phenoxy) is 1. The van der Waals surface area contributed by atoms with Gasteiger partial charge in [-0.3, -0.25) is 9.59 Å². The fraction of sp³-hybridized carbons (Fsp3) is 0.192. The number of phenolic OH excluding ortho intramolecular Hbond substituents is 1. The van der Waals surface area contributed by atoms with Crippen molar-refractivity contribution in [1.82, 2.24) is 14.8 Å². The normalized spacial score (nSPS) is 17.2. The van der Waals surface area contributed by atoms with Gasteiger partial charge in [0.15, 0.2) is 5.75 Å². The maximum atomic E-state index is 14.8. The molecule has 0 unspecified atom stereocenters. The Hall–Kier alpha value is -3.91. The number of phenols is 1. The number of carbonyl (C=O) groups excluding carboxylic acids is 2. The molecule has 2 aromatic carbocycles. The van der Waals surface area contributed by atoms with Crippen molar-refractivity contribution in [3.8, 4) is 34.0 Å². The predicted octanol–water partition coefficient (Wildman–Crippen LogP) is 4.15. The predicted molar refractivity (Wildman–Crippen MR) is 129 cm³/mol. The van der Waals surface area contributed by atoms with Gasteiger partial charge in [-0.1, -0.05) is 54.6 Å². The summed E-state index contributed by atoms with van der Waals surface area (Å²) in [7, 11) is 0. The second kappa shape index (κ2) is 9.03. The Morgan fingerprint density at radius 3 is 2.63 bits per heavy atom. The van der Waals surface area contributed by atoms with Crippen LogP contribution in [0, 0.1) is 5.82 Å². The summed E-state index contributed by atoms with van der Waals surface area (Å²) in [5.74, 6) is -1.55.